The van der Waals surface area contributed by atoms with Gasteiger partial charge in [0.1, 0.15) is 11.6 Å². The van der Waals surface area contributed by atoms with E-state index in [9.17, 15) is 0 Å². The fourth-order valence-corrected chi connectivity index (χ4v) is 2.10. The van der Waals surface area contributed by atoms with Crippen LogP contribution in [0.25, 0.3) is 0 Å². The molecule has 6 heteroatoms. The molecule has 112 valence electrons. The molecule has 2 atom stereocenters. The van der Waals surface area contributed by atoms with E-state index in [4.69, 9.17) is 4.74 Å². The fourth-order valence-electron chi connectivity index (χ4n) is 2.10. The third kappa shape index (κ3) is 3.65. The van der Waals surface area contributed by atoms with Crippen LogP contribution >= 0.6 is 0 Å². The normalized spacial score (nSPS) is 23.1. The average molecular weight is 279 g/mol. The Labute approximate surface area is 120 Å². The van der Waals surface area contributed by atoms with Crippen molar-refractivity contribution in [2.45, 2.75) is 51.8 Å². The molecular weight excluding hydrogens is 254 g/mol. The van der Waals surface area contributed by atoms with Gasteiger partial charge in [-0.05, 0) is 6.92 Å². The Balaban J connectivity index is 2.24. The van der Waals surface area contributed by atoms with Crippen molar-refractivity contribution in [3.63, 3.8) is 0 Å². The smallest absolute Gasteiger partial charge is 0.136 e. The number of methoxy groups -OCH3 is 1. The van der Waals surface area contributed by atoms with Crippen LogP contribution in [0.1, 0.15) is 39.2 Å². The van der Waals surface area contributed by atoms with Gasteiger partial charge in [-0.15, -0.1) is 0 Å². The molecule has 3 N–H and O–H groups in total. The molecule has 1 aromatic rings. The van der Waals surface area contributed by atoms with Gasteiger partial charge in [0.25, 0.3) is 0 Å². The van der Waals surface area contributed by atoms with Gasteiger partial charge in [-0.1, -0.05) is 20.8 Å². The lowest BCUT2D eigenvalue weighted by atomic mass is 9.95. The van der Waals surface area contributed by atoms with E-state index in [1.54, 1.807) is 7.11 Å². The van der Waals surface area contributed by atoms with Gasteiger partial charge in [-0.25, -0.2) is 9.97 Å². The summed E-state index contributed by atoms with van der Waals surface area (Å²) in [7, 11) is 1.68. The predicted octanol–water partition coefficient (Wildman–Crippen LogP) is 1.20. The van der Waals surface area contributed by atoms with E-state index in [0.29, 0.717) is 18.7 Å². The summed E-state index contributed by atoms with van der Waals surface area (Å²) in [5, 5.41) is 3.47. The molecule has 2 heterocycles. The van der Waals surface area contributed by atoms with Crippen molar-refractivity contribution in [2.75, 3.05) is 19.0 Å². The number of hydrogen-bond acceptors (Lipinski definition) is 6. The van der Waals surface area contributed by atoms with E-state index in [0.717, 1.165) is 23.9 Å². The summed E-state index contributed by atoms with van der Waals surface area (Å²) in [5.74, 6) is 1.69. The Hall–Kier alpha value is -1.24. The molecule has 1 aromatic heterocycles. The number of aromatic nitrogens is 2. The minimum absolute atomic E-state index is 0.0853. The molecule has 1 saturated heterocycles. The lowest BCUT2D eigenvalue weighted by Gasteiger charge is -2.21. The lowest BCUT2D eigenvalue weighted by molar-refractivity contribution is 0.181. The van der Waals surface area contributed by atoms with E-state index in [1.807, 2.05) is 6.07 Å². The third-order valence-electron chi connectivity index (χ3n) is 3.33. The van der Waals surface area contributed by atoms with Crippen molar-refractivity contribution in [1.82, 2.24) is 20.8 Å². The second-order valence-electron chi connectivity index (χ2n) is 6.32. The van der Waals surface area contributed by atoms with Crippen LogP contribution in [0.15, 0.2) is 6.07 Å². The van der Waals surface area contributed by atoms with E-state index in [-0.39, 0.29) is 5.41 Å². The van der Waals surface area contributed by atoms with Crippen LogP contribution in [0, 0.1) is 0 Å². The number of rotatable bonds is 4. The van der Waals surface area contributed by atoms with Crippen LogP contribution in [0.5, 0.6) is 0 Å². The summed E-state index contributed by atoms with van der Waals surface area (Å²) in [6.07, 6.45) is 0. The van der Waals surface area contributed by atoms with Gasteiger partial charge in [0, 0.05) is 31.2 Å². The quantitative estimate of drug-likeness (QED) is 0.769. The van der Waals surface area contributed by atoms with Gasteiger partial charge in [0.15, 0.2) is 0 Å². The van der Waals surface area contributed by atoms with Crippen LogP contribution in [0.2, 0.25) is 0 Å². The lowest BCUT2D eigenvalue weighted by Crippen LogP contribution is -2.34. The molecule has 0 saturated carbocycles. The number of hydrogen-bond donors (Lipinski definition) is 3. The molecule has 0 radical (unpaired) electrons. The van der Waals surface area contributed by atoms with Crippen molar-refractivity contribution in [3.05, 3.63) is 17.6 Å². The first-order valence-electron chi connectivity index (χ1n) is 7.02. The van der Waals surface area contributed by atoms with Crippen molar-refractivity contribution in [1.29, 1.82) is 0 Å². The Bertz CT molecular complexity index is 457. The van der Waals surface area contributed by atoms with Crippen molar-refractivity contribution >= 4 is 5.82 Å². The maximum atomic E-state index is 5.20. The van der Waals surface area contributed by atoms with Gasteiger partial charge < -0.3 is 10.1 Å². The SMILES string of the molecule is COCc1cc(NC2CNNC2C)nc(C(C)(C)C)n1. The largest absolute Gasteiger partial charge is 0.378 e. The minimum atomic E-state index is -0.0853. The Kier molecular flexibility index (Phi) is 4.57. The number of anilines is 1. The van der Waals surface area contributed by atoms with Gasteiger partial charge in [0.05, 0.1) is 18.3 Å². The number of ether oxygens (including phenoxy) is 1. The molecule has 2 unspecified atom stereocenters. The zero-order chi connectivity index (χ0) is 14.8. The van der Waals surface area contributed by atoms with Crippen LogP contribution in [0.4, 0.5) is 5.82 Å². The summed E-state index contributed by atoms with van der Waals surface area (Å²) in [6.45, 7) is 9.85. The van der Waals surface area contributed by atoms with Crippen molar-refractivity contribution < 1.29 is 4.74 Å². The first kappa shape index (κ1) is 15.2. The molecule has 2 rings (SSSR count). The summed E-state index contributed by atoms with van der Waals surface area (Å²) >= 11 is 0. The maximum Gasteiger partial charge on any atom is 0.136 e. The summed E-state index contributed by atoms with van der Waals surface area (Å²) < 4.78 is 5.20. The highest BCUT2D eigenvalue weighted by molar-refractivity contribution is 5.39. The second-order valence-corrected chi connectivity index (χ2v) is 6.32. The number of nitrogens with one attached hydrogen (secondary N) is 3. The zero-order valence-electron chi connectivity index (χ0n) is 12.9. The first-order valence-corrected chi connectivity index (χ1v) is 7.02. The number of nitrogens with zero attached hydrogens (tertiary/aromatic N) is 2. The van der Waals surface area contributed by atoms with E-state index in [2.05, 4.69) is 53.8 Å². The predicted molar refractivity (Wildman–Crippen MR) is 79.5 cm³/mol. The van der Waals surface area contributed by atoms with Gasteiger partial charge in [-0.3, -0.25) is 10.9 Å². The molecule has 1 fully saturated rings. The minimum Gasteiger partial charge on any atom is -0.378 e. The Morgan fingerprint density at radius 2 is 2.15 bits per heavy atom. The maximum absolute atomic E-state index is 5.20. The van der Waals surface area contributed by atoms with Gasteiger partial charge in [0.2, 0.25) is 0 Å². The van der Waals surface area contributed by atoms with E-state index < -0.39 is 0 Å². The molecule has 0 spiro atoms. The third-order valence-corrected chi connectivity index (χ3v) is 3.33. The van der Waals surface area contributed by atoms with Crippen LogP contribution in [0.3, 0.4) is 0 Å². The summed E-state index contributed by atoms with van der Waals surface area (Å²) in [6, 6.07) is 2.63. The van der Waals surface area contributed by atoms with Gasteiger partial charge >= 0.3 is 0 Å². The van der Waals surface area contributed by atoms with E-state index >= 15 is 0 Å². The second kappa shape index (κ2) is 6.03. The van der Waals surface area contributed by atoms with E-state index in [1.165, 1.54) is 0 Å². The molecule has 1 aliphatic heterocycles. The molecule has 6 nitrogen and oxygen atoms in total. The summed E-state index contributed by atoms with van der Waals surface area (Å²) in [4.78, 5) is 9.23. The Morgan fingerprint density at radius 1 is 1.40 bits per heavy atom. The molecular formula is C14H25N5O. The molecule has 1 aliphatic rings. The molecule has 20 heavy (non-hydrogen) atoms. The van der Waals surface area contributed by atoms with Gasteiger partial charge in [-0.2, -0.15) is 0 Å². The highest BCUT2D eigenvalue weighted by atomic mass is 16.5. The summed E-state index contributed by atoms with van der Waals surface area (Å²) in [5.41, 5.74) is 7.16. The van der Waals surface area contributed by atoms with Crippen LogP contribution in [-0.4, -0.2) is 35.7 Å². The molecule has 0 bridgehead atoms. The topological polar surface area (TPSA) is 71.1 Å². The molecule has 0 aliphatic carbocycles. The Morgan fingerprint density at radius 3 is 2.70 bits per heavy atom. The molecule has 0 amide bonds. The van der Waals surface area contributed by atoms with Crippen LogP contribution < -0.4 is 16.2 Å². The van der Waals surface area contributed by atoms with Crippen LogP contribution in [-0.2, 0) is 16.8 Å². The van der Waals surface area contributed by atoms with Crippen molar-refractivity contribution in [2.24, 2.45) is 0 Å². The van der Waals surface area contributed by atoms with Crippen molar-refractivity contribution in [3.8, 4) is 0 Å². The zero-order valence-corrected chi connectivity index (χ0v) is 12.9. The standard InChI is InChI=1S/C14H25N5O/c1-9-11(7-15-19-9)17-12-6-10(8-20-5)16-13(18-12)14(2,3)4/h6,9,11,15,19H,7-8H2,1-5H3,(H,16,17,18). The average Bonchev–Trinajstić information content (AvgIpc) is 2.74. The molecule has 0 aromatic carbocycles. The monoisotopic (exact) mass is 279 g/mol. The highest BCUT2D eigenvalue weighted by Gasteiger charge is 2.24. The highest BCUT2D eigenvalue weighted by Crippen LogP contribution is 2.21. The fraction of sp³-hybridized carbons (Fsp3) is 0.714. The first-order chi connectivity index (χ1) is 9.40. The number of hydrazine groups is 1.